The lowest BCUT2D eigenvalue weighted by Crippen LogP contribution is -2.29. The number of likely N-dealkylation sites (tertiary alicyclic amines) is 1. The van der Waals surface area contributed by atoms with Crippen molar-refractivity contribution in [3.63, 3.8) is 0 Å². The van der Waals surface area contributed by atoms with Gasteiger partial charge in [-0.1, -0.05) is 11.3 Å². The lowest BCUT2D eigenvalue weighted by atomic mass is 10.1. The third-order valence-corrected chi connectivity index (χ3v) is 7.81. The maximum atomic E-state index is 14.8. The standard InChI is InChI=1S/C29H29FN6O4S/c1-39-21-14-17(13-20(37)16-21)26-27(41-29(35-26)33-18-4-5-18)23-8-9-31-28(34-23)32-19-6-7-24(22(30)15-19)40-12-11-36-10-2-3-25(36)38/h6-9,13-16,18,37H,2-5,10-12H2,1H3,(H,33,35)(H,31,32,34). The summed E-state index contributed by atoms with van der Waals surface area (Å²) in [5.74, 6) is 0.561. The number of thiazole rings is 1. The molecule has 212 valence electrons. The number of anilines is 3. The van der Waals surface area contributed by atoms with Gasteiger partial charge in [0.1, 0.15) is 18.1 Å². The molecule has 0 spiro atoms. The Morgan fingerprint density at radius 3 is 2.80 bits per heavy atom. The fraction of sp³-hybridized carbons (Fsp3) is 0.310. The van der Waals surface area contributed by atoms with Crippen molar-refractivity contribution in [1.29, 1.82) is 0 Å². The van der Waals surface area contributed by atoms with E-state index in [1.807, 2.05) is 6.07 Å². The Kier molecular flexibility index (Phi) is 7.55. The summed E-state index contributed by atoms with van der Waals surface area (Å²) in [6, 6.07) is 11.7. The first kappa shape index (κ1) is 26.8. The zero-order valence-electron chi connectivity index (χ0n) is 22.4. The van der Waals surface area contributed by atoms with Gasteiger partial charge in [-0.3, -0.25) is 4.79 Å². The summed E-state index contributed by atoms with van der Waals surface area (Å²) in [5.41, 5.74) is 2.43. The largest absolute Gasteiger partial charge is 0.508 e. The van der Waals surface area contributed by atoms with Gasteiger partial charge in [-0.05, 0) is 49.6 Å². The molecule has 10 nitrogen and oxygen atoms in total. The van der Waals surface area contributed by atoms with Crippen molar-refractivity contribution >= 4 is 34.0 Å². The Bertz CT molecular complexity index is 1580. The van der Waals surface area contributed by atoms with Crippen LogP contribution in [0.4, 0.5) is 21.2 Å². The number of amides is 1. The lowest BCUT2D eigenvalue weighted by Gasteiger charge is -2.16. The SMILES string of the molecule is COc1cc(O)cc(-c2nc(NC3CC3)sc2-c2ccnc(Nc3ccc(OCCN4CCCC4=O)c(F)c3)n2)c1. The third kappa shape index (κ3) is 6.32. The topological polar surface area (TPSA) is 122 Å². The minimum absolute atomic E-state index is 0.0685. The summed E-state index contributed by atoms with van der Waals surface area (Å²) in [6.45, 7) is 1.38. The van der Waals surface area contributed by atoms with Crippen molar-refractivity contribution in [3.8, 4) is 39.1 Å². The zero-order chi connectivity index (χ0) is 28.3. The molecule has 1 aliphatic carbocycles. The van der Waals surface area contributed by atoms with Gasteiger partial charge in [-0.15, -0.1) is 0 Å². The maximum absolute atomic E-state index is 14.8. The number of carbonyl (C=O) groups is 1. The van der Waals surface area contributed by atoms with Crippen molar-refractivity contribution < 1.29 is 23.8 Å². The van der Waals surface area contributed by atoms with Crippen molar-refractivity contribution in [2.45, 2.75) is 31.7 Å². The zero-order valence-corrected chi connectivity index (χ0v) is 23.2. The summed E-state index contributed by atoms with van der Waals surface area (Å²) in [5, 5.41) is 17.5. The highest BCUT2D eigenvalue weighted by Crippen LogP contribution is 2.42. The second-order valence-corrected chi connectivity index (χ2v) is 10.9. The van der Waals surface area contributed by atoms with E-state index in [4.69, 9.17) is 14.5 Å². The molecule has 1 saturated carbocycles. The highest BCUT2D eigenvalue weighted by Gasteiger charge is 2.25. The van der Waals surface area contributed by atoms with Crippen LogP contribution in [-0.4, -0.2) is 63.7 Å². The third-order valence-electron chi connectivity index (χ3n) is 6.80. The molecule has 0 radical (unpaired) electrons. The fourth-order valence-electron chi connectivity index (χ4n) is 4.57. The van der Waals surface area contributed by atoms with Crippen molar-refractivity contribution in [2.75, 3.05) is 37.4 Å². The molecule has 12 heteroatoms. The minimum Gasteiger partial charge on any atom is -0.508 e. The molecule has 2 aromatic heterocycles. The number of phenolic OH excluding ortho intramolecular Hbond substituents is 1. The number of ether oxygens (including phenoxy) is 2. The molecular formula is C29H29FN6O4S. The number of carbonyl (C=O) groups excluding carboxylic acids is 1. The van der Waals surface area contributed by atoms with Gasteiger partial charge in [0.25, 0.3) is 0 Å². The number of halogens is 1. The number of hydrogen-bond donors (Lipinski definition) is 3. The second kappa shape index (κ2) is 11.6. The molecule has 0 atom stereocenters. The van der Waals surface area contributed by atoms with E-state index in [0.717, 1.165) is 35.8 Å². The summed E-state index contributed by atoms with van der Waals surface area (Å²) in [4.78, 5) is 28.1. The van der Waals surface area contributed by atoms with Gasteiger partial charge in [0.05, 0.1) is 29.9 Å². The lowest BCUT2D eigenvalue weighted by molar-refractivity contribution is -0.128. The molecule has 3 N–H and O–H groups in total. The van der Waals surface area contributed by atoms with Crippen LogP contribution in [-0.2, 0) is 4.79 Å². The van der Waals surface area contributed by atoms with E-state index in [1.165, 1.54) is 23.5 Å². The average Bonchev–Trinajstić information content (AvgIpc) is 3.53. The average molecular weight is 577 g/mol. The summed E-state index contributed by atoms with van der Waals surface area (Å²) in [7, 11) is 1.54. The molecular weight excluding hydrogens is 547 g/mol. The molecule has 2 aliphatic rings. The van der Waals surface area contributed by atoms with E-state index in [1.54, 1.807) is 42.5 Å². The van der Waals surface area contributed by atoms with Gasteiger partial charge >= 0.3 is 0 Å². The second-order valence-electron chi connectivity index (χ2n) is 9.90. The van der Waals surface area contributed by atoms with Crippen LogP contribution in [0, 0.1) is 5.82 Å². The number of aromatic hydroxyl groups is 1. The van der Waals surface area contributed by atoms with Gasteiger partial charge in [0.2, 0.25) is 11.9 Å². The van der Waals surface area contributed by atoms with Crippen LogP contribution >= 0.6 is 11.3 Å². The molecule has 3 heterocycles. The van der Waals surface area contributed by atoms with Crippen molar-refractivity contribution in [3.05, 3.63) is 54.5 Å². The Hall–Kier alpha value is -4.45. The van der Waals surface area contributed by atoms with E-state index in [9.17, 15) is 14.3 Å². The molecule has 1 saturated heterocycles. The van der Waals surface area contributed by atoms with Gasteiger partial charge in [0.15, 0.2) is 16.7 Å². The van der Waals surface area contributed by atoms with Crippen LogP contribution in [0.3, 0.4) is 0 Å². The van der Waals surface area contributed by atoms with Crippen LogP contribution < -0.4 is 20.1 Å². The van der Waals surface area contributed by atoms with Crippen LogP contribution in [0.15, 0.2) is 48.7 Å². The number of methoxy groups -OCH3 is 1. The van der Waals surface area contributed by atoms with Crippen LogP contribution in [0.5, 0.6) is 17.2 Å². The van der Waals surface area contributed by atoms with E-state index < -0.39 is 5.82 Å². The van der Waals surface area contributed by atoms with Crippen molar-refractivity contribution in [1.82, 2.24) is 19.9 Å². The van der Waals surface area contributed by atoms with Crippen molar-refractivity contribution in [2.24, 2.45) is 0 Å². The number of rotatable bonds is 11. The van der Waals surface area contributed by atoms with Crippen LogP contribution in [0.25, 0.3) is 21.8 Å². The molecule has 4 aromatic rings. The van der Waals surface area contributed by atoms with E-state index in [0.29, 0.717) is 47.4 Å². The molecule has 1 aliphatic heterocycles. The number of aromatic nitrogens is 3. The van der Waals surface area contributed by atoms with Gasteiger partial charge in [0, 0.05) is 48.6 Å². The maximum Gasteiger partial charge on any atom is 0.227 e. The van der Waals surface area contributed by atoms with Gasteiger partial charge in [-0.2, -0.15) is 0 Å². The van der Waals surface area contributed by atoms with E-state index in [-0.39, 0.29) is 30.0 Å². The molecule has 0 unspecified atom stereocenters. The first-order valence-electron chi connectivity index (χ1n) is 13.4. The number of nitrogens with zero attached hydrogens (tertiary/aromatic N) is 4. The Morgan fingerprint density at radius 1 is 1.17 bits per heavy atom. The molecule has 41 heavy (non-hydrogen) atoms. The fourth-order valence-corrected chi connectivity index (χ4v) is 5.60. The molecule has 0 bridgehead atoms. The smallest absolute Gasteiger partial charge is 0.227 e. The first-order chi connectivity index (χ1) is 19.9. The number of benzene rings is 2. The Morgan fingerprint density at radius 2 is 2.05 bits per heavy atom. The predicted molar refractivity (Wildman–Crippen MR) is 154 cm³/mol. The van der Waals surface area contributed by atoms with Gasteiger partial charge in [-0.25, -0.2) is 19.3 Å². The Labute approximate surface area is 240 Å². The molecule has 2 fully saturated rings. The minimum atomic E-state index is -0.530. The molecule has 1 amide bonds. The van der Waals surface area contributed by atoms with Gasteiger partial charge < -0.3 is 30.1 Å². The monoisotopic (exact) mass is 576 g/mol. The number of hydrogen-bond acceptors (Lipinski definition) is 10. The predicted octanol–water partition coefficient (Wildman–Crippen LogP) is 5.44. The van der Waals surface area contributed by atoms with Crippen LogP contribution in [0.2, 0.25) is 0 Å². The summed E-state index contributed by atoms with van der Waals surface area (Å²) in [6.07, 6.45) is 5.24. The summed E-state index contributed by atoms with van der Waals surface area (Å²) < 4.78 is 25.7. The number of phenols is 1. The quantitative estimate of drug-likeness (QED) is 0.214. The van der Waals surface area contributed by atoms with Crippen LogP contribution in [0.1, 0.15) is 25.7 Å². The summed E-state index contributed by atoms with van der Waals surface area (Å²) >= 11 is 1.47. The highest BCUT2D eigenvalue weighted by atomic mass is 32.1. The van der Waals surface area contributed by atoms with E-state index in [2.05, 4.69) is 20.6 Å². The highest BCUT2D eigenvalue weighted by molar-refractivity contribution is 7.19. The van der Waals surface area contributed by atoms with E-state index >= 15 is 0 Å². The number of nitrogens with one attached hydrogen (secondary N) is 2. The normalized spacial score (nSPS) is 14.8. The Balaban J connectivity index is 1.21. The first-order valence-corrected chi connectivity index (χ1v) is 14.2. The molecule has 6 rings (SSSR count). The molecule has 2 aromatic carbocycles.